The van der Waals surface area contributed by atoms with E-state index in [0.29, 0.717) is 0 Å². The van der Waals surface area contributed by atoms with Crippen LogP contribution in [0.25, 0.3) is 0 Å². The van der Waals surface area contributed by atoms with Crippen molar-refractivity contribution < 1.29 is 14.7 Å². The Morgan fingerprint density at radius 1 is 1.21 bits per heavy atom. The lowest BCUT2D eigenvalue weighted by Crippen LogP contribution is -2.44. The molecular weight excluding hydrogens is 188 g/mol. The van der Waals surface area contributed by atoms with E-state index in [-0.39, 0.29) is 26.2 Å². The number of hydrogen-bond donors (Lipinski definition) is 4. The SMILES string of the molecule is NCC(O)CN(CC(N)=O)CC(N)=O. The number of amides is 2. The molecule has 0 aliphatic carbocycles. The van der Waals surface area contributed by atoms with Crippen LogP contribution in [0.5, 0.6) is 0 Å². The standard InChI is InChI=1S/C7H16N4O3/c8-1-5(12)2-11(3-6(9)13)4-7(10)14/h5,12H,1-4,8H2,(H2,9,13)(H2,10,14). The Bertz CT molecular complexity index is 193. The van der Waals surface area contributed by atoms with Crippen molar-refractivity contribution in [3.63, 3.8) is 0 Å². The third-order valence-corrected chi connectivity index (χ3v) is 1.50. The number of nitrogens with zero attached hydrogens (tertiary/aromatic N) is 1. The van der Waals surface area contributed by atoms with Crippen LogP contribution < -0.4 is 17.2 Å². The van der Waals surface area contributed by atoms with E-state index in [1.165, 1.54) is 4.90 Å². The maximum absolute atomic E-state index is 10.6. The summed E-state index contributed by atoms with van der Waals surface area (Å²) in [6.07, 6.45) is -0.798. The second-order valence-electron chi connectivity index (χ2n) is 2.99. The molecule has 0 bridgehead atoms. The first-order valence-electron chi connectivity index (χ1n) is 4.12. The van der Waals surface area contributed by atoms with Gasteiger partial charge in [0.1, 0.15) is 0 Å². The van der Waals surface area contributed by atoms with E-state index in [1.807, 2.05) is 0 Å². The summed E-state index contributed by atoms with van der Waals surface area (Å²) in [6.45, 7) is -0.101. The first-order valence-corrected chi connectivity index (χ1v) is 4.12. The maximum Gasteiger partial charge on any atom is 0.231 e. The number of primary amides is 2. The number of hydrogen-bond acceptors (Lipinski definition) is 5. The number of aliphatic hydroxyl groups is 1. The molecule has 2 amide bonds. The zero-order chi connectivity index (χ0) is 11.1. The van der Waals surface area contributed by atoms with Gasteiger partial charge in [0.15, 0.2) is 0 Å². The van der Waals surface area contributed by atoms with Gasteiger partial charge in [0, 0.05) is 13.1 Å². The first-order chi connectivity index (χ1) is 6.45. The number of nitrogens with two attached hydrogens (primary N) is 3. The third-order valence-electron chi connectivity index (χ3n) is 1.50. The molecule has 7 nitrogen and oxygen atoms in total. The van der Waals surface area contributed by atoms with E-state index in [0.717, 1.165) is 0 Å². The Morgan fingerprint density at radius 3 is 1.93 bits per heavy atom. The highest BCUT2D eigenvalue weighted by atomic mass is 16.3. The van der Waals surface area contributed by atoms with Crippen LogP contribution in [0, 0.1) is 0 Å². The summed E-state index contributed by atoms with van der Waals surface area (Å²) >= 11 is 0. The van der Waals surface area contributed by atoms with Gasteiger partial charge in [-0.05, 0) is 0 Å². The van der Waals surface area contributed by atoms with E-state index in [2.05, 4.69) is 0 Å². The molecule has 1 unspecified atom stereocenters. The Labute approximate surface area is 81.8 Å². The minimum atomic E-state index is -0.798. The molecular formula is C7H16N4O3. The van der Waals surface area contributed by atoms with Gasteiger partial charge in [-0.2, -0.15) is 0 Å². The van der Waals surface area contributed by atoms with Crippen LogP contribution in [-0.4, -0.2) is 54.1 Å². The van der Waals surface area contributed by atoms with E-state index < -0.39 is 17.9 Å². The molecule has 82 valence electrons. The molecule has 0 aromatic carbocycles. The molecule has 0 fully saturated rings. The fraction of sp³-hybridized carbons (Fsp3) is 0.714. The van der Waals surface area contributed by atoms with Crippen LogP contribution >= 0.6 is 0 Å². The number of carbonyl (C=O) groups is 2. The highest BCUT2D eigenvalue weighted by Gasteiger charge is 2.14. The van der Waals surface area contributed by atoms with Crippen LogP contribution in [0.15, 0.2) is 0 Å². The van der Waals surface area contributed by atoms with Gasteiger partial charge < -0.3 is 22.3 Å². The quantitative estimate of drug-likeness (QED) is 0.342. The molecule has 0 heterocycles. The predicted octanol–water partition coefficient (Wildman–Crippen LogP) is -3.42. The molecule has 0 aromatic heterocycles. The molecule has 1 atom stereocenters. The zero-order valence-corrected chi connectivity index (χ0v) is 7.85. The fourth-order valence-electron chi connectivity index (χ4n) is 0.998. The monoisotopic (exact) mass is 204 g/mol. The topological polar surface area (TPSA) is 136 Å². The smallest absolute Gasteiger partial charge is 0.231 e. The molecule has 7 heteroatoms. The Kier molecular flexibility index (Phi) is 5.77. The van der Waals surface area contributed by atoms with Crippen molar-refractivity contribution in [3.05, 3.63) is 0 Å². The summed E-state index contributed by atoms with van der Waals surface area (Å²) in [6, 6.07) is 0. The highest BCUT2D eigenvalue weighted by Crippen LogP contribution is 1.90. The molecule has 0 spiro atoms. The van der Waals surface area contributed by atoms with Crippen LogP contribution in [0.1, 0.15) is 0 Å². The molecule has 0 saturated carbocycles. The van der Waals surface area contributed by atoms with Crippen molar-refractivity contribution in [3.8, 4) is 0 Å². The number of aliphatic hydroxyl groups excluding tert-OH is 1. The lowest BCUT2D eigenvalue weighted by atomic mass is 10.3. The van der Waals surface area contributed by atoms with E-state index in [9.17, 15) is 14.7 Å². The summed E-state index contributed by atoms with van der Waals surface area (Å²) in [5.74, 6) is -1.18. The van der Waals surface area contributed by atoms with Crippen molar-refractivity contribution in [1.29, 1.82) is 0 Å². The molecule has 14 heavy (non-hydrogen) atoms. The van der Waals surface area contributed by atoms with Crippen molar-refractivity contribution in [1.82, 2.24) is 4.90 Å². The molecule has 0 aliphatic heterocycles. The summed E-state index contributed by atoms with van der Waals surface area (Å²) in [5, 5.41) is 9.18. The van der Waals surface area contributed by atoms with Crippen LogP contribution in [0.2, 0.25) is 0 Å². The Balaban J connectivity index is 4.09. The van der Waals surface area contributed by atoms with E-state index >= 15 is 0 Å². The lowest BCUT2D eigenvalue weighted by Gasteiger charge is -2.21. The minimum Gasteiger partial charge on any atom is -0.390 e. The van der Waals surface area contributed by atoms with Gasteiger partial charge in [-0.15, -0.1) is 0 Å². The molecule has 0 rings (SSSR count). The molecule has 0 saturated heterocycles. The average Bonchev–Trinajstić information content (AvgIpc) is 2.01. The van der Waals surface area contributed by atoms with Gasteiger partial charge in [-0.3, -0.25) is 14.5 Å². The number of rotatable bonds is 7. The van der Waals surface area contributed by atoms with Gasteiger partial charge in [0.2, 0.25) is 11.8 Å². The van der Waals surface area contributed by atoms with Gasteiger partial charge in [-0.1, -0.05) is 0 Å². The summed E-state index contributed by atoms with van der Waals surface area (Å²) < 4.78 is 0. The van der Waals surface area contributed by atoms with Crippen molar-refractivity contribution >= 4 is 11.8 Å². The second kappa shape index (κ2) is 6.30. The molecule has 0 aliphatic rings. The van der Waals surface area contributed by atoms with Gasteiger partial charge in [0.05, 0.1) is 19.2 Å². The maximum atomic E-state index is 10.6. The van der Waals surface area contributed by atoms with Crippen LogP contribution in [0.3, 0.4) is 0 Å². The predicted molar refractivity (Wildman–Crippen MR) is 49.9 cm³/mol. The van der Waals surface area contributed by atoms with Gasteiger partial charge in [0.25, 0.3) is 0 Å². The van der Waals surface area contributed by atoms with Crippen LogP contribution in [-0.2, 0) is 9.59 Å². The van der Waals surface area contributed by atoms with E-state index in [1.54, 1.807) is 0 Å². The highest BCUT2D eigenvalue weighted by molar-refractivity contribution is 5.79. The molecule has 7 N–H and O–H groups in total. The van der Waals surface area contributed by atoms with Crippen LogP contribution in [0.4, 0.5) is 0 Å². The van der Waals surface area contributed by atoms with Gasteiger partial charge in [-0.25, -0.2) is 0 Å². The third kappa shape index (κ3) is 6.35. The Morgan fingerprint density at radius 2 is 1.64 bits per heavy atom. The number of carbonyl (C=O) groups excluding carboxylic acids is 2. The van der Waals surface area contributed by atoms with E-state index in [4.69, 9.17) is 17.2 Å². The van der Waals surface area contributed by atoms with Gasteiger partial charge >= 0.3 is 0 Å². The normalized spacial score (nSPS) is 12.8. The van der Waals surface area contributed by atoms with Crippen molar-refractivity contribution in [2.24, 2.45) is 17.2 Å². The summed E-state index contributed by atoms with van der Waals surface area (Å²) in [5.41, 5.74) is 15.1. The fourth-order valence-corrected chi connectivity index (χ4v) is 0.998. The Hall–Kier alpha value is -1.18. The van der Waals surface area contributed by atoms with Crippen molar-refractivity contribution in [2.75, 3.05) is 26.2 Å². The largest absolute Gasteiger partial charge is 0.390 e. The molecule has 0 aromatic rings. The van der Waals surface area contributed by atoms with Crippen molar-refractivity contribution in [2.45, 2.75) is 6.10 Å². The first kappa shape index (κ1) is 12.8. The average molecular weight is 204 g/mol. The summed E-state index contributed by atoms with van der Waals surface area (Å²) in [4.78, 5) is 22.5. The minimum absolute atomic E-state index is 0.0496. The lowest BCUT2D eigenvalue weighted by molar-refractivity contribution is -0.122. The zero-order valence-electron chi connectivity index (χ0n) is 7.85. The second-order valence-corrected chi connectivity index (χ2v) is 2.99. The summed E-state index contributed by atoms with van der Waals surface area (Å²) in [7, 11) is 0. The molecule has 0 radical (unpaired) electrons.